The normalized spacial score (nSPS) is 19.1. The van der Waals surface area contributed by atoms with Gasteiger partial charge in [-0.1, -0.05) is 11.6 Å². The number of halogens is 1. The fourth-order valence-corrected chi connectivity index (χ4v) is 4.22. The molecule has 2 aromatic carbocycles. The zero-order valence-electron chi connectivity index (χ0n) is 18.4. The number of amides is 3. The number of carbonyl (C=O) groups is 3. The second kappa shape index (κ2) is 10.3. The predicted octanol–water partition coefficient (Wildman–Crippen LogP) is 2.46. The quantitative estimate of drug-likeness (QED) is 0.577. The van der Waals surface area contributed by atoms with E-state index in [0.29, 0.717) is 48.3 Å². The number of benzene rings is 2. The molecule has 2 fully saturated rings. The number of anilines is 1. The minimum absolute atomic E-state index is 0.0630. The molecule has 1 atom stereocenters. The van der Waals surface area contributed by atoms with E-state index in [2.05, 4.69) is 4.90 Å². The molecule has 2 aliphatic rings. The van der Waals surface area contributed by atoms with Crippen LogP contribution >= 0.6 is 11.6 Å². The van der Waals surface area contributed by atoms with E-state index in [0.717, 1.165) is 18.0 Å². The molecule has 4 rings (SSSR count). The minimum Gasteiger partial charge on any atom is -0.497 e. The van der Waals surface area contributed by atoms with E-state index >= 15 is 0 Å². The molecular weight excluding hydrogens is 446 g/mol. The van der Waals surface area contributed by atoms with Crippen molar-refractivity contribution < 1.29 is 23.9 Å². The molecule has 0 radical (unpaired) electrons. The Morgan fingerprint density at radius 3 is 2.39 bits per heavy atom. The standard InChI is InChI=1S/C24H26ClN3O5/c1-32-20-8-2-17(3-9-20)23(30)27(11-10-26-12-14-33-15-13-26)21-16-22(29)28(24(21)31)19-6-4-18(25)5-7-19/h2-9,21H,10-16H2,1H3. The maximum atomic E-state index is 13.5. The average Bonchev–Trinajstić information content (AvgIpc) is 3.14. The van der Waals surface area contributed by atoms with E-state index in [-0.39, 0.29) is 18.2 Å². The summed E-state index contributed by atoms with van der Waals surface area (Å²) in [5.74, 6) is -0.417. The van der Waals surface area contributed by atoms with Crippen LogP contribution in [0.1, 0.15) is 16.8 Å². The highest BCUT2D eigenvalue weighted by molar-refractivity contribution is 6.31. The Kier molecular flexibility index (Phi) is 7.27. The largest absolute Gasteiger partial charge is 0.497 e. The summed E-state index contributed by atoms with van der Waals surface area (Å²) in [5.41, 5.74) is 0.880. The van der Waals surface area contributed by atoms with E-state index in [1.807, 2.05) is 0 Å². The topological polar surface area (TPSA) is 79.4 Å². The van der Waals surface area contributed by atoms with Crippen molar-refractivity contribution in [2.24, 2.45) is 0 Å². The zero-order chi connectivity index (χ0) is 23.4. The van der Waals surface area contributed by atoms with Crippen LogP contribution in [-0.4, -0.2) is 80.1 Å². The number of methoxy groups -OCH3 is 1. The predicted molar refractivity (Wildman–Crippen MR) is 124 cm³/mol. The summed E-state index contributed by atoms with van der Waals surface area (Å²) in [7, 11) is 1.56. The van der Waals surface area contributed by atoms with Gasteiger partial charge in [0.2, 0.25) is 5.91 Å². The lowest BCUT2D eigenvalue weighted by atomic mass is 10.1. The molecule has 1 unspecified atom stereocenters. The molecule has 2 heterocycles. The third-order valence-corrected chi connectivity index (χ3v) is 6.19. The van der Waals surface area contributed by atoms with Gasteiger partial charge in [0.25, 0.3) is 11.8 Å². The highest BCUT2D eigenvalue weighted by Crippen LogP contribution is 2.28. The summed E-state index contributed by atoms with van der Waals surface area (Å²) in [4.78, 5) is 44.5. The summed E-state index contributed by atoms with van der Waals surface area (Å²) in [6, 6.07) is 12.4. The Labute approximate surface area is 197 Å². The van der Waals surface area contributed by atoms with Crippen molar-refractivity contribution in [2.75, 3.05) is 51.4 Å². The van der Waals surface area contributed by atoms with Crippen LogP contribution in [-0.2, 0) is 14.3 Å². The lowest BCUT2D eigenvalue weighted by molar-refractivity contribution is -0.122. The number of ether oxygens (including phenoxy) is 2. The van der Waals surface area contributed by atoms with Crippen molar-refractivity contribution in [1.29, 1.82) is 0 Å². The first kappa shape index (κ1) is 23.2. The van der Waals surface area contributed by atoms with Gasteiger partial charge in [-0.2, -0.15) is 0 Å². The molecule has 2 aliphatic heterocycles. The van der Waals surface area contributed by atoms with Gasteiger partial charge in [0.05, 0.1) is 32.4 Å². The number of hydrogen-bond acceptors (Lipinski definition) is 6. The van der Waals surface area contributed by atoms with Crippen molar-refractivity contribution >= 4 is 35.0 Å². The molecular formula is C24H26ClN3O5. The minimum atomic E-state index is -0.871. The molecule has 0 spiro atoms. The fraction of sp³-hybridized carbons (Fsp3) is 0.375. The van der Waals surface area contributed by atoms with Crippen LogP contribution in [0.4, 0.5) is 5.69 Å². The molecule has 0 bridgehead atoms. The molecule has 2 aromatic rings. The second-order valence-electron chi connectivity index (χ2n) is 7.94. The van der Waals surface area contributed by atoms with Crippen LogP contribution in [0, 0.1) is 0 Å². The summed E-state index contributed by atoms with van der Waals surface area (Å²) >= 11 is 5.95. The molecule has 174 valence electrons. The first-order valence-corrected chi connectivity index (χ1v) is 11.2. The van der Waals surface area contributed by atoms with E-state index in [1.165, 1.54) is 4.90 Å². The molecule has 33 heavy (non-hydrogen) atoms. The van der Waals surface area contributed by atoms with Crippen molar-refractivity contribution in [3.05, 3.63) is 59.1 Å². The van der Waals surface area contributed by atoms with Crippen molar-refractivity contribution in [1.82, 2.24) is 9.80 Å². The number of imide groups is 1. The van der Waals surface area contributed by atoms with Gasteiger partial charge in [0, 0.05) is 36.8 Å². The van der Waals surface area contributed by atoms with Gasteiger partial charge in [0.15, 0.2) is 0 Å². The highest BCUT2D eigenvalue weighted by Gasteiger charge is 2.44. The van der Waals surface area contributed by atoms with Gasteiger partial charge in [-0.15, -0.1) is 0 Å². The molecule has 0 saturated carbocycles. The van der Waals surface area contributed by atoms with Gasteiger partial charge in [-0.3, -0.25) is 19.3 Å². The summed E-state index contributed by atoms with van der Waals surface area (Å²) in [6.45, 7) is 3.71. The van der Waals surface area contributed by atoms with Crippen LogP contribution in [0.25, 0.3) is 0 Å². The Hall–Kier alpha value is -2.94. The van der Waals surface area contributed by atoms with Crippen LogP contribution in [0.2, 0.25) is 5.02 Å². The maximum absolute atomic E-state index is 13.5. The second-order valence-corrected chi connectivity index (χ2v) is 8.38. The molecule has 3 amide bonds. The third-order valence-electron chi connectivity index (χ3n) is 5.94. The van der Waals surface area contributed by atoms with E-state index in [4.69, 9.17) is 21.1 Å². The number of carbonyl (C=O) groups excluding carboxylic acids is 3. The Morgan fingerprint density at radius 2 is 1.76 bits per heavy atom. The first-order chi connectivity index (χ1) is 16.0. The number of nitrogens with zero attached hydrogens (tertiary/aromatic N) is 3. The lowest BCUT2D eigenvalue weighted by Gasteiger charge is -2.32. The molecule has 0 N–H and O–H groups in total. The van der Waals surface area contributed by atoms with E-state index in [1.54, 1.807) is 55.6 Å². The molecule has 0 aromatic heterocycles. The number of rotatable bonds is 7. The van der Waals surface area contributed by atoms with Gasteiger partial charge in [-0.25, -0.2) is 4.90 Å². The summed E-state index contributed by atoms with van der Waals surface area (Å²) < 4.78 is 10.6. The van der Waals surface area contributed by atoms with Crippen molar-refractivity contribution in [3.63, 3.8) is 0 Å². The van der Waals surface area contributed by atoms with Gasteiger partial charge in [-0.05, 0) is 48.5 Å². The summed E-state index contributed by atoms with van der Waals surface area (Å²) in [6.07, 6.45) is -0.0630. The van der Waals surface area contributed by atoms with E-state index < -0.39 is 11.9 Å². The summed E-state index contributed by atoms with van der Waals surface area (Å²) in [5, 5.41) is 0.510. The van der Waals surface area contributed by atoms with Crippen LogP contribution < -0.4 is 9.64 Å². The van der Waals surface area contributed by atoms with E-state index in [9.17, 15) is 14.4 Å². The molecule has 9 heteroatoms. The zero-order valence-corrected chi connectivity index (χ0v) is 19.2. The Balaban J connectivity index is 1.58. The molecule has 2 saturated heterocycles. The van der Waals surface area contributed by atoms with Crippen LogP contribution in [0.5, 0.6) is 5.75 Å². The highest BCUT2D eigenvalue weighted by atomic mass is 35.5. The number of morpholine rings is 1. The monoisotopic (exact) mass is 471 g/mol. The fourth-order valence-electron chi connectivity index (χ4n) is 4.09. The maximum Gasteiger partial charge on any atom is 0.257 e. The van der Waals surface area contributed by atoms with Gasteiger partial charge >= 0.3 is 0 Å². The number of hydrogen-bond donors (Lipinski definition) is 0. The Morgan fingerprint density at radius 1 is 1.09 bits per heavy atom. The van der Waals surface area contributed by atoms with Crippen molar-refractivity contribution in [3.8, 4) is 5.75 Å². The van der Waals surface area contributed by atoms with Gasteiger partial charge < -0.3 is 14.4 Å². The SMILES string of the molecule is COc1ccc(C(=O)N(CCN2CCOCC2)C2CC(=O)N(c3ccc(Cl)cc3)C2=O)cc1. The third kappa shape index (κ3) is 5.19. The Bertz CT molecular complexity index is 1010. The molecule has 8 nitrogen and oxygen atoms in total. The molecule has 0 aliphatic carbocycles. The lowest BCUT2D eigenvalue weighted by Crippen LogP contribution is -2.49. The average molecular weight is 472 g/mol. The van der Waals surface area contributed by atoms with Crippen molar-refractivity contribution in [2.45, 2.75) is 12.5 Å². The van der Waals surface area contributed by atoms with Gasteiger partial charge in [0.1, 0.15) is 11.8 Å². The van der Waals surface area contributed by atoms with Crippen LogP contribution in [0.3, 0.4) is 0 Å². The smallest absolute Gasteiger partial charge is 0.257 e. The van der Waals surface area contributed by atoms with Crippen LogP contribution in [0.15, 0.2) is 48.5 Å². The first-order valence-electron chi connectivity index (χ1n) is 10.9.